The van der Waals surface area contributed by atoms with Crippen LogP contribution in [0.5, 0.6) is 11.5 Å². The number of benzene rings is 2. The summed E-state index contributed by atoms with van der Waals surface area (Å²) in [7, 11) is 1.63. The third-order valence-corrected chi connectivity index (χ3v) is 4.61. The van der Waals surface area contributed by atoms with E-state index in [0.717, 1.165) is 29.0 Å². The lowest BCUT2D eigenvalue weighted by atomic mass is 9.97. The number of fused-ring (bicyclic) bond motifs is 1. The van der Waals surface area contributed by atoms with Crippen LogP contribution in [0.2, 0.25) is 0 Å². The third-order valence-electron chi connectivity index (χ3n) is 4.42. The Morgan fingerprint density at radius 1 is 1.32 bits per heavy atom. The van der Waals surface area contributed by atoms with Crippen LogP contribution in [0.15, 0.2) is 48.5 Å². The first kappa shape index (κ1) is 17.6. The summed E-state index contributed by atoms with van der Waals surface area (Å²) in [5, 5.41) is -0.583. The Labute approximate surface area is 153 Å². The quantitative estimate of drug-likeness (QED) is 0.752. The minimum atomic E-state index is -0.583. The molecule has 2 atom stereocenters. The van der Waals surface area contributed by atoms with Crippen LogP contribution in [0.3, 0.4) is 0 Å². The van der Waals surface area contributed by atoms with Gasteiger partial charge in [0.1, 0.15) is 16.9 Å². The van der Waals surface area contributed by atoms with Crippen LogP contribution in [0.4, 0.5) is 0 Å². The molecular weight excluding hydrogens is 338 g/mol. The molecule has 0 saturated carbocycles. The van der Waals surface area contributed by atoms with Gasteiger partial charge in [0.05, 0.1) is 19.8 Å². The van der Waals surface area contributed by atoms with Crippen LogP contribution in [0.1, 0.15) is 30.5 Å². The van der Waals surface area contributed by atoms with E-state index in [-0.39, 0.29) is 11.9 Å². The number of rotatable bonds is 5. The summed E-state index contributed by atoms with van der Waals surface area (Å²) in [5.41, 5.74) is 2.04. The number of alkyl halides is 1. The van der Waals surface area contributed by atoms with Gasteiger partial charge in [0.2, 0.25) is 5.91 Å². The first-order chi connectivity index (χ1) is 12.1. The molecule has 1 aliphatic heterocycles. The number of hydrogen-bond donors (Lipinski definition) is 0. The standard InChI is InChI=1S/C20H22ClNO3/c1-14(21)20(23)22(13-15-6-4-3-5-7-15)18-10-11-25-19-9-8-16(24-2)12-17(18)19/h3-9,12,14,18H,10-11,13H2,1-2H3. The molecule has 2 aromatic carbocycles. The average molecular weight is 360 g/mol. The molecule has 0 N–H and O–H groups in total. The summed E-state index contributed by atoms with van der Waals surface area (Å²) in [4.78, 5) is 14.7. The van der Waals surface area contributed by atoms with Crippen molar-refractivity contribution in [1.82, 2.24) is 4.90 Å². The van der Waals surface area contributed by atoms with E-state index in [9.17, 15) is 4.79 Å². The summed E-state index contributed by atoms with van der Waals surface area (Å²) < 4.78 is 11.1. The molecule has 5 heteroatoms. The zero-order valence-corrected chi connectivity index (χ0v) is 15.2. The molecule has 0 aliphatic carbocycles. The second kappa shape index (κ2) is 7.79. The highest BCUT2D eigenvalue weighted by atomic mass is 35.5. The fraction of sp³-hybridized carbons (Fsp3) is 0.350. The summed E-state index contributed by atoms with van der Waals surface area (Å²) in [6.45, 7) is 2.80. The number of carbonyl (C=O) groups is 1. The average Bonchev–Trinajstić information content (AvgIpc) is 2.65. The molecule has 1 aliphatic rings. The van der Waals surface area contributed by atoms with E-state index >= 15 is 0 Å². The number of ether oxygens (including phenoxy) is 2. The second-order valence-corrected chi connectivity index (χ2v) is 6.78. The number of nitrogens with zero attached hydrogens (tertiary/aromatic N) is 1. The van der Waals surface area contributed by atoms with Gasteiger partial charge in [0.25, 0.3) is 0 Å². The molecule has 0 aromatic heterocycles. The van der Waals surface area contributed by atoms with Crippen molar-refractivity contribution in [3.8, 4) is 11.5 Å². The number of halogens is 1. The summed E-state index contributed by atoms with van der Waals surface area (Å²) >= 11 is 6.15. The number of methoxy groups -OCH3 is 1. The van der Waals surface area contributed by atoms with Crippen molar-refractivity contribution in [1.29, 1.82) is 0 Å². The number of carbonyl (C=O) groups excluding carboxylic acids is 1. The minimum Gasteiger partial charge on any atom is -0.497 e. The molecule has 0 radical (unpaired) electrons. The largest absolute Gasteiger partial charge is 0.497 e. The van der Waals surface area contributed by atoms with Crippen LogP contribution in [-0.4, -0.2) is 29.9 Å². The van der Waals surface area contributed by atoms with Crippen molar-refractivity contribution in [2.24, 2.45) is 0 Å². The monoisotopic (exact) mass is 359 g/mol. The second-order valence-electron chi connectivity index (χ2n) is 6.12. The Morgan fingerprint density at radius 3 is 2.76 bits per heavy atom. The van der Waals surface area contributed by atoms with Crippen LogP contribution < -0.4 is 9.47 Å². The van der Waals surface area contributed by atoms with E-state index < -0.39 is 5.38 Å². The summed E-state index contributed by atoms with van der Waals surface area (Å²) in [6, 6.07) is 15.6. The zero-order valence-electron chi connectivity index (χ0n) is 14.4. The molecular formula is C20H22ClNO3. The maximum atomic E-state index is 12.8. The Balaban J connectivity index is 1.98. The van der Waals surface area contributed by atoms with E-state index in [1.54, 1.807) is 14.0 Å². The molecule has 0 saturated heterocycles. The van der Waals surface area contributed by atoms with Crippen LogP contribution in [-0.2, 0) is 11.3 Å². The maximum Gasteiger partial charge on any atom is 0.241 e. The fourth-order valence-electron chi connectivity index (χ4n) is 3.16. The summed E-state index contributed by atoms with van der Waals surface area (Å²) in [6.07, 6.45) is 0.725. The van der Waals surface area contributed by atoms with Gasteiger partial charge in [0, 0.05) is 18.5 Å². The Hall–Kier alpha value is -2.20. The number of hydrogen-bond acceptors (Lipinski definition) is 3. The molecule has 2 aromatic rings. The van der Waals surface area contributed by atoms with E-state index in [2.05, 4.69) is 0 Å². The van der Waals surface area contributed by atoms with Crippen molar-refractivity contribution in [2.45, 2.75) is 31.3 Å². The van der Waals surface area contributed by atoms with Gasteiger partial charge < -0.3 is 14.4 Å². The van der Waals surface area contributed by atoms with Crippen molar-refractivity contribution in [2.75, 3.05) is 13.7 Å². The van der Waals surface area contributed by atoms with Gasteiger partial charge >= 0.3 is 0 Å². The molecule has 1 heterocycles. The Morgan fingerprint density at radius 2 is 2.08 bits per heavy atom. The highest BCUT2D eigenvalue weighted by molar-refractivity contribution is 6.30. The molecule has 3 rings (SSSR count). The lowest BCUT2D eigenvalue weighted by molar-refractivity contribution is -0.134. The predicted octanol–water partition coefficient (Wildman–Crippen LogP) is 4.17. The van der Waals surface area contributed by atoms with Crippen LogP contribution in [0, 0.1) is 0 Å². The van der Waals surface area contributed by atoms with E-state index in [1.807, 2.05) is 53.4 Å². The molecule has 132 valence electrons. The highest BCUT2D eigenvalue weighted by Crippen LogP contribution is 2.39. The van der Waals surface area contributed by atoms with E-state index in [1.165, 1.54) is 0 Å². The SMILES string of the molecule is COc1ccc2c(c1)C(N(Cc1ccccc1)C(=O)C(C)Cl)CCO2. The van der Waals surface area contributed by atoms with Crippen LogP contribution in [0.25, 0.3) is 0 Å². The van der Waals surface area contributed by atoms with E-state index in [0.29, 0.717) is 13.2 Å². The molecule has 2 unspecified atom stereocenters. The van der Waals surface area contributed by atoms with Crippen molar-refractivity contribution in [3.63, 3.8) is 0 Å². The Kier molecular flexibility index (Phi) is 5.49. The van der Waals surface area contributed by atoms with Crippen molar-refractivity contribution in [3.05, 3.63) is 59.7 Å². The normalized spacial score (nSPS) is 17.2. The Bertz CT molecular complexity index is 733. The van der Waals surface area contributed by atoms with E-state index in [4.69, 9.17) is 21.1 Å². The molecule has 0 fully saturated rings. The molecule has 4 nitrogen and oxygen atoms in total. The maximum absolute atomic E-state index is 12.8. The van der Waals surface area contributed by atoms with Gasteiger partial charge in [-0.15, -0.1) is 11.6 Å². The number of amides is 1. The smallest absolute Gasteiger partial charge is 0.241 e. The van der Waals surface area contributed by atoms with Gasteiger partial charge in [-0.25, -0.2) is 0 Å². The van der Waals surface area contributed by atoms with Crippen molar-refractivity contribution < 1.29 is 14.3 Å². The van der Waals surface area contributed by atoms with Crippen molar-refractivity contribution >= 4 is 17.5 Å². The first-order valence-electron chi connectivity index (χ1n) is 8.39. The molecule has 1 amide bonds. The fourth-order valence-corrected chi connectivity index (χ4v) is 3.28. The van der Waals surface area contributed by atoms with Gasteiger partial charge in [-0.2, -0.15) is 0 Å². The zero-order chi connectivity index (χ0) is 17.8. The minimum absolute atomic E-state index is 0.0776. The van der Waals surface area contributed by atoms with Gasteiger partial charge in [-0.05, 0) is 30.7 Å². The topological polar surface area (TPSA) is 38.8 Å². The molecule has 0 spiro atoms. The first-order valence-corrected chi connectivity index (χ1v) is 8.83. The summed E-state index contributed by atoms with van der Waals surface area (Å²) in [5.74, 6) is 1.47. The van der Waals surface area contributed by atoms with Gasteiger partial charge in [0.15, 0.2) is 0 Å². The van der Waals surface area contributed by atoms with Gasteiger partial charge in [-0.3, -0.25) is 4.79 Å². The third kappa shape index (κ3) is 3.90. The lowest BCUT2D eigenvalue weighted by Gasteiger charge is -2.36. The van der Waals surface area contributed by atoms with Crippen LogP contribution >= 0.6 is 11.6 Å². The molecule has 25 heavy (non-hydrogen) atoms. The predicted molar refractivity (Wildman–Crippen MR) is 98.2 cm³/mol. The molecule has 0 bridgehead atoms. The lowest BCUT2D eigenvalue weighted by Crippen LogP contribution is -2.40. The van der Waals surface area contributed by atoms with Gasteiger partial charge in [-0.1, -0.05) is 30.3 Å². The highest BCUT2D eigenvalue weighted by Gasteiger charge is 2.32.